The number of hydrogen-bond acceptors (Lipinski definition) is 4. The van der Waals surface area contributed by atoms with Gasteiger partial charge in [0.25, 0.3) is 5.91 Å². The quantitative estimate of drug-likeness (QED) is 0.697. The molecule has 2 N–H and O–H groups in total. The fourth-order valence-electron chi connectivity index (χ4n) is 2.68. The van der Waals surface area contributed by atoms with Gasteiger partial charge >= 0.3 is 0 Å². The molecule has 0 aliphatic heterocycles. The second kappa shape index (κ2) is 6.76. The molecule has 1 heterocycles. The smallest absolute Gasteiger partial charge is 0.271 e. The van der Waals surface area contributed by atoms with E-state index in [1.54, 1.807) is 24.3 Å². The molecule has 2 aromatic carbocycles. The van der Waals surface area contributed by atoms with Crippen molar-refractivity contribution in [1.82, 2.24) is 9.99 Å². The molecule has 0 atom stereocenters. The lowest BCUT2D eigenvalue weighted by molar-refractivity contribution is -0.117. The molecule has 6 nitrogen and oxygen atoms in total. The van der Waals surface area contributed by atoms with E-state index >= 15 is 0 Å². The summed E-state index contributed by atoms with van der Waals surface area (Å²) in [7, 11) is 1.91. The van der Waals surface area contributed by atoms with Crippen molar-refractivity contribution in [1.29, 1.82) is 0 Å². The van der Waals surface area contributed by atoms with Gasteiger partial charge in [0, 0.05) is 24.2 Å². The van der Waals surface area contributed by atoms with Crippen LogP contribution < -0.4 is 15.5 Å². The normalized spacial score (nSPS) is 14.4. The Hall–Kier alpha value is -2.93. The van der Waals surface area contributed by atoms with Gasteiger partial charge in [-0.2, -0.15) is 0 Å². The number of hydrogen-bond donors (Lipinski definition) is 2. The largest absolute Gasteiger partial charge is 0.326 e. The SMILES string of the molecule is Cn1c(=NNC(=O)c2cccc(NC(=O)C3CC3)c2)sc2ccccc21. The second-order valence-electron chi connectivity index (χ2n) is 6.31. The summed E-state index contributed by atoms with van der Waals surface area (Å²) in [6, 6.07) is 14.9. The minimum absolute atomic E-state index is 0.0181. The molecule has 0 saturated heterocycles. The van der Waals surface area contributed by atoms with E-state index in [1.165, 1.54) is 11.3 Å². The third kappa shape index (κ3) is 3.39. The molecule has 0 radical (unpaired) electrons. The van der Waals surface area contributed by atoms with E-state index in [4.69, 9.17) is 0 Å². The summed E-state index contributed by atoms with van der Waals surface area (Å²) in [5.41, 5.74) is 4.74. The van der Waals surface area contributed by atoms with E-state index in [-0.39, 0.29) is 17.7 Å². The maximum atomic E-state index is 12.4. The van der Waals surface area contributed by atoms with Crippen molar-refractivity contribution in [2.75, 3.05) is 5.32 Å². The van der Waals surface area contributed by atoms with Gasteiger partial charge < -0.3 is 9.88 Å². The number of aryl methyl sites for hydroxylation is 1. The lowest BCUT2D eigenvalue weighted by Crippen LogP contribution is -2.23. The summed E-state index contributed by atoms with van der Waals surface area (Å²) in [5, 5.41) is 7.09. The van der Waals surface area contributed by atoms with Gasteiger partial charge in [0.05, 0.1) is 10.2 Å². The van der Waals surface area contributed by atoms with Crippen LogP contribution in [-0.2, 0) is 11.8 Å². The number of aromatic nitrogens is 1. The van der Waals surface area contributed by atoms with Gasteiger partial charge in [-0.15, -0.1) is 5.10 Å². The summed E-state index contributed by atoms with van der Waals surface area (Å²) >= 11 is 1.51. The lowest BCUT2D eigenvalue weighted by Gasteiger charge is -2.06. The molecule has 26 heavy (non-hydrogen) atoms. The molecule has 3 aromatic rings. The van der Waals surface area contributed by atoms with E-state index in [0.29, 0.717) is 16.1 Å². The topological polar surface area (TPSA) is 75.5 Å². The van der Waals surface area contributed by atoms with Gasteiger partial charge in [-0.25, -0.2) is 5.43 Å². The van der Waals surface area contributed by atoms with Crippen LogP contribution in [0.1, 0.15) is 23.2 Å². The Morgan fingerprint density at radius 1 is 1.15 bits per heavy atom. The Morgan fingerprint density at radius 2 is 1.96 bits per heavy atom. The number of carbonyl (C=O) groups is 2. The summed E-state index contributed by atoms with van der Waals surface area (Å²) in [6.45, 7) is 0. The highest BCUT2D eigenvalue weighted by atomic mass is 32.1. The number of rotatable bonds is 4. The minimum atomic E-state index is -0.315. The van der Waals surface area contributed by atoms with Crippen LogP contribution in [-0.4, -0.2) is 16.4 Å². The molecule has 1 aliphatic rings. The molecule has 2 amide bonds. The first-order chi connectivity index (χ1) is 12.6. The molecule has 0 spiro atoms. The van der Waals surface area contributed by atoms with Crippen LogP contribution in [0.5, 0.6) is 0 Å². The number of benzene rings is 2. The van der Waals surface area contributed by atoms with Crippen LogP contribution in [0.3, 0.4) is 0 Å². The second-order valence-corrected chi connectivity index (χ2v) is 7.32. The van der Waals surface area contributed by atoms with Gasteiger partial charge in [0.15, 0.2) is 0 Å². The van der Waals surface area contributed by atoms with Gasteiger partial charge in [-0.1, -0.05) is 29.5 Å². The molecule has 1 fully saturated rings. The maximum Gasteiger partial charge on any atom is 0.271 e. The maximum absolute atomic E-state index is 12.4. The van der Waals surface area contributed by atoms with Crippen LogP contribution >= 0.6 is 11.3 Å². The third-order valence-corrected chi connectivity index (χ3v) is 5.42. The minimum Gasteiger partial charge on any atom is -0.326 e. The number of nitrogens with zero attached hydrogens (tertiary/aromatic N) is 2. The van der Waals surface area contributed by atoms with Crippen LogP contribution in [0.15, 0.2) is 53.6 Å². The Labute approximate surface area is 154 Å². The Bertz CT molecular complexity index is 1060. The highest BCUT2D eigenvalue weighted by Crippen LogP contribution is 2.30. The van der Waals surface area contributed by atoms with Gasteiger partial charge in [0.2, 0.25) is 10.7 Å². The number of carbonyl (C=O) groups excluding carboxylic acids is 2. The first-order valence-corrected chi connectivity index (χ1v) is 9.23. The molecule has 1 saturated carbocycles. The lowest BCUT2D eigenvalue weighted by atomic mass is 10.2. The number of thiazole rings is 1. The molecule has 4 rings (SSSR count). The molecule has 1 aliphatic carbocycles. The van der Waals surface area contributed by atoms with Crippen molar-refractivity contribution in [2.24, 2.45) is 18.1 Å². The molecular weight excluding hydrogens is 348 g/mol. The number of para-hydroxylation sites is 1. The summed E-state index contributed by atoms with van der Waals surface area (Å²) in [6.07, 6.45) is 1.88. The number of anilines is 1. The standard InChI is InChI=1S/C19H18N4O2S/c1-23-15-7-2-3-8-16(15)26-19(23)22-21-18(25)13-5-4-6-14(11-13)20-17(24)12-9-10-12/h2-8,11-12H,9-10H2,1H3,(H,20,24)(H,21,25). The van der Waals surface area contributed by atoms with Crippen molar-refractivity contribution in [3.8, 4) is 0 Å². The predicted octanol–water partition coefficient (Wildman–Crippen LogP) is 2.83. The Balaban J connectivity index is 1.52. The Kier molecular flexibility index (Phi) is 4.30. The van der Waals surface area contributed by atoms with Gasteiger partial charge in [0.1, 0.15) is 0 Å². The molecule has 132 valence electrons. The first-order valence-electron chi connectivity index (χ1n) is 8.41. The van der Waals surface area contributed by atoms with Crippen molar-refractivity contribution in [3.63, 3.8) is 0 Å². The van der Waals surface area contributed by atoms with Crippen molar-refractivity contribution < 1.29 is 9.59 Å². The average Bonchev–Trinajstić information content (AvgIpc) is 3.46. The summed E-state index contributed by atoms with van der Waals surface area (Å²) in [5.74, 6) is -0.176. The van der Waals surface area contributed by atoms with Crippen LogP contribution in [0.4, 0.5) is 5.69 Å². The van der Waals surface area contributed by atoms with E-state index in [1.807, 2.05) is 35.9 Å². The van der Waals surface area contributed by atoms with E-state index in [0.717, 1.165) is 23.1 Å². The molecular formula is C19H18N4O2S. The zero-order chi connectivity index (χ0) is 18.1. The monoisotopic (exact) mass is 366 g/mol. The first kappa shape index (κ1) is 16.5. The van der Waals surface area contributed by atoms with E-state index in [2.05, 4.69) is 15.8 Å². The Morgan fingerprint density at radius 3 is 2.73 bits per heavy atom. The number of fused-ring (bicyclic) bond motifs is 1. The van der Waals surface area contributed by atoms with Gasteiger partial charge in [-0.05, 0) is 43.2 Å². The van der Waals surface area contributed by atoms with E-state index < -0.39 is 0 Å². The average molecular weight is 366 g/mol. The van der Waals surface area contributed by atoms with Gasteiger partial charge in [-0.3, -0.25) is 9.59 Å². The number of amides is 2. The fraction of sp³-hybridized carbons (Fsp3) is 0.211. The van der Waals surface area contributed by atoms with Crippen LogP contribution in [0, 0.1) is 5.92 Å². The van der Waals surface area contributed by atoms with E-state index in [9.17, 15) is 9.59 Å². The zero-order valence-corrected chi connectivity index (χ0v) is 15.0. The highest BCUT2D eigenvalue weighted by molar-refractivity contribution is 7.16. The summed E-state index contributed by atoms with van der Waals surface area (Å²) < 4.78 is 3.04. The highest BCUT2D eigenvalue weighted by Gasteiger charge is 2.29. The molecule has 1 aromatic heterocycles. The predicted molar refractivity (Wildman–Crippen MR) is 102 cm³/mol. The fourth-order valence-corrected chi connectivity index (χ4v) is 3.66. The van der Waals surface area contributed by atoms with Crippen LogP contribution in [0.25, 0.3) is 10.2 Å². The third-order valence-electron chi connectivity index (χ3n) is 4.31. The summed E-state index contributed by atoms with van der Waals surface area (Å²) in [4.78, 5) is 25.0. The van der Waals surface area contributed by atoms with Crippen molar-refractivity contribution in [2.45, 2.75) is 12.8 Å². The molecule has 0 unspecified atom stereocenters. The molecule has 0 bridgehead atoms. The zero-order valence-electron chi connectivity index (χ0n) is 14.2. The number of nitrogens with one attached hydrogen (secondary N) is 2. The molecule has 7 heteroatoms. The van der Waals surface area contributed by atoms with Crippen molar-refractivity contribution in [3.05, 3.63) is 58.9 Å². The van der Waals surface area contributed by atoms with Crippen LogP contribution in [0.2, 0.25) is 0 Å². The van der Waals surface area contributed by atoms with Crippen molar-refractivity contribution >= 4 is 39.1 Å².